The van der Waals surface area contributed by atoms with E-state index in [-0.39, 0.29) is 0 Å². The third-order valence-electron chi connectivity index (χ3n) is 4.51. The summed E-state index contributed by atoms with van der Waals surface area (Å²) < 4.78 is 5.78. The molecule has 2 fully saturated rings. The third-order valence-corrected chi connectivity index (χ3v) is 4.51. The zero-order valence-corrected chi connectivity index (χ0v) is 10.9. The molecule has 1 saturated carbocycles. The Morgan fingerprint density at radius 3 is 2.44 bits per heavy atom. The predicted molar refractivity (Wildman–Crippen MR) is 66.4 cm³/mol. The van der Waals surface area contributed by atoms with Crippen molar-refractivity contribution in [1.82, 2.24) is 4.90 Å². The number of ether oxygens (including phenoxy) is 1. The van der Waals surface area contributed by atoms with Crippen LogP contribution >= 0.6 is 0 Å². The van der Waals surface area contributed by atoms with Crippen LogP contribution in [0.15, 0.2) is 0 Å². The minimum Gasteiger partial charge on any atom is -0.378 e. The summed E-state index contributed by atoms with van der Waals surface area (Å²) in [5.74, 6) is 0. The number of nitrogens with zero attached hydrogens (tertiary/aromatic N) is 1. The molecule has 0 spiro atoms. The Labute approximate surface area is 99.3 Å². The van der Waals surface area contributed by atoms with Crippen LogP contribution in [0.4, 0.5) is 0 Å². The first-order valence-electron chi connectivity index (χ1n) is 6.67. The Balaban J connectivity index is 1.88. The molecule has 0 bridgehead atoms. The SMILES string of the molecule is CCOC1CC(N2CCC(N)CC2)C1(C)C. The van der Waals surface area contributed by atoms with Crippen LogP contribution in [-0.4, -0.2) is 42.8 Å². The summed E-state index contributed by atoms with van der Waals surface area (Å²) >= 11 is 0. The van der Waals surface area contributed by atoms with E-state index >= 15 is 0 Å². The molecule has 2 atom stereocenters. The molecule has 1 saturated heterocycles. The molecule has 1 heterocycles. The second-order valence-electron chi connectivity index (χ2n) is 5.89. The first-order valence-corrected chi connectivity index (χ1v) is 6.67. The molecule has 0 radical (unpaired) electrons. The average Bonchev–Trinajstić information content (AvgIpc) is 2.26. The summed E-state index contributed by atoms with van der Waals surface area (Å²) in [5.41, 5.74) is 6.26. The normalized spacial score (nSPS) is 36.0. The number of hydrogen-bond donors (Lipinski definition) is 1. The Hall–Kier alpha value is -0.120. The smallest absolute Gasteiger partial charge is 0.0655 e. The molecule has 1 aliphatic heterocycles. The highest BCUT2D eigenvalue weighted by atomic mass is 16.5. The van der Waals surface area contributed by atoms with E-state index < -0.39 is 0 Å². The fourth-order valence-corrected chi connectivity index (χ4v) is 3.20. The predicted octanol–water partition coefficient (Wildman–Crippen LogP) is 1.61. The molecule has 2 N–H and O–H groups in total. The van der Waals surface area contributed by atoms with Gasteiger partial charge in [0.1, 0.15) is 0 Å². The first kappa shape index (κ1) is 12.3. The lowest BCUT2D eigenvalue weighted by Gasteiger charge is -2.57. The van der Waals surface area contributed by atoms with Gasteiger partial charge in [-0.2, -0.15) is 0 Å². The standard InChI is InChI=1S/C13H26N2O/c1-4-16-12-9-11(13(12,2)3)15-7-5-10(14)6-8-15/h10-12H,4-9,14H2,1-3H3. The lowest BCUT2D eigenvalue weighted by molar-refractivity contribution is -0.153. The van der Waals surface area contributed by atoms with E-state index in [1.165, 1.54) is 19.5 Å². The summed E-state index contributed by atoms with van der Waals surface area (Å²) in [6, 6.07) is 1.14. The van der Waals surface area contributed by atoms with Crippen molar-refractivity contribution < 1.29 is 4.74 Å². The molecule has 3 heteroatoms. The highest BCUT2D eigenvalue weighted by Crippen LogP contribution is 2.46. The fraction of sp³-hybridized carbons (Fsp3) is 1.00. The fourth-order valence-electron chi connectivity index (χ4n) is 3.20. The summed E-state index contributed by atoms with van der Waals surface area (Å²) in [5, 5.41) is 0. The van der Waals surface area contributed by atoms with Gasteiger partial charge in [0.2, 0.25) is 0 Å². The minimum atomic E-state index is 0.317. The Bertz CT molecular complexity index is 234. The van der Waals surface area contributed by atoms with Crippen LogP contribution in [0.3, 0.4) is 0 Å². The summed E-state index contributed by atoms with van der Waals surface area (Å²) in [6.07, 6.45) is 3.98. The molecular weight excluding hydrogens is 200 g/mol. The van der Waals surface area contributed by atoms with Crippen molar-refractivity contribution in [3.8, 4) is 0 Å². The van der Waals surface area contributed by atoms with Crippen LogP contribution in [0.5, 0.6) is 0 Å². The van der Waals surface area contributed by atoms with Gasteiger partial charge in [0.05, 0.1) is 6.10 Å². The van der Waals surface area contributed by atoms with Crippen molar-refractivity contribution in [3.05, 3.63) is 0 Å². The van der Waals surface area contributed by atoms with Crippen molar-refractivity contribution >= 4 is 0 Å². The molecule has 0 aromatic carbocycles. The van der Waals surface area contributed by atoms with Crippen LogP contribution in [0.1, 0.15) is 40.0 Å². The Kier molecular flexibility index (Phi) is 3.57. The molecule has 3 nitrogen and oxygen atoms in total. The maximum absolute atomic E-state index is 5.95. The van der Waals surface area contributed by atoms with Crippen LogP contribution in [0.2, 0.25) is 0 Å². The third kappa shape index (κ3) is 2.13. The van der Waals surface area contributed by atoms with Crippen molar-refractivity contribution in [2.75, 3.05) is 19.7 Å². The van der Waals surface area contributed by atoms with E-state index in [4.69, 9.17) is 10.5 Å². The monoisotopic (exact) mass is 226 g/mol. The van der Waals surface area contributed by atoms with E-state index in [0.717, 1.165) is 19.4 Å². The van der Waals surface area contributed by atoms with Gasteiger partial charge in [-0.05, 0) is 39.3 Å². The van der Waals surface area contributed by atoms with E-state index in [2.05, 4.69) is 25.7 Å². The molecule has 16 heavy (non-hydrogen) atoms. The summed E-state index contributed by atoms with van der Waals surface area (Å²) in [4.78, 5) is 2.62. The van der Waals surface area contributed by atoms with Gasteiger partial charge in [-0.1, -0.05) is 13.8 Å². The molecule has 2 unspecified atom stereocenters. The molecule has 2 aliphatic rings. The van der Waals surface area contributed by atoms with Crippen LogP contribution in [0, 0.1) is 5.41 Å². The zero-order valence-electron chi connectivity index (χ0n) is 10.9. The van der Waals surface area contributed by atoms with Gasteiger partial charge in [0, 0.05) is 24.1 Å². The Morgan fingerprint density at radius 2 is 1.94 bits per heavy atom. The minimum absolute atomic E-state index is 0.317. The van der Waals surface area contributed by atoms with E-state index in [9.17, 15) is 0 Å². The van der Waals surface area contributed by atoms with Crippen molar-refractivity contribution in [2.24, 2.45) is 11.1 Å². The van der Waals surface area contributed by atoms with Crippen LogP contribution < -0.4 is 5.73 Å². The lowest BCUT2D eigenvalue weighted by Crippen LogP contribution is -2.63. The highest BCUT2D eigenvalue weighted by Gasteiger charge is 2.51. The first-order chi connectivity index (χ1) is 7.55. The zero-order chi connectivity index (χ0) is 11.8. The van der Waals surface area contributed by atoms with Crippen molar-refractivity contribution in [3.63, 3.8) is 0 Å². The van der Waals surface area contributed by atoms with Crippen molar-refractivity contribution in [1.29, 1.82) is 0 Å². The molecule has 2 rings (SSSR count). The topological polar surface area (TPSA) is 38.5 Å². The largest absolute Gasteiger partial charge is 0.378 e. The van der Waals surface area contributed by atoms with E-state index in [0.29, 0.717) is 23.6 Å². The van der Waals surface area contributed by atoms with Crippen LogP contribution in [0.25, 0.3) is 0 Å². The summed E-state index contributed by atoms with van der Waals surface area (Å²) in [6.45, 7) is 9.96. The molecular formula is C13H26N2O. The average molecular weight is 226 g/mol. The summed E-state index contributed by atoms with van der Waals surface area (Å²) in [7, 11) is 0. The Morgan fingerprint density at radius 1 is 1.31 bits per heavy atom. The maximum Gasteiger partial charge on any atom is 0.0655 e. The number of likely N-dealkylation sites (tertiary alicyclic amines) is 1. The second-order valence-corrected chi connectivity index (χ2v) is 5.89. The number of rotatable bonds is 3. The van der Waals surface area contributed by atoms with Crippen LogP contribution in [-0.2, 0) is 4.74 Å². The molecule has 1 aliphatic carbocycles. The molecule has 0 aromatic rings. The van der Waals surface area contributed by atoms with Gasteiger partial charge in [-0.3, -0.25) is 4.90 Å². The van der Waals surface area contributed by atoms with Gasteiger partial charge < -0.3 is 10.5 Å². The molecule has 0 aromatic heterocycles. The van der Waals surface area contributed by atoms with Gasteiger partial charge >= 0.3 is 0 Å². The number of hydrogen-bond acceptors (Lipinski definition) is 3. The second kappa shape index (κ2) is 4.63. The van der Waals surface area contributed by atoms with Crippen molar-refractivity contribution in [2.45, 2.75) is 58.2 Å². The highest BCUT2D eigenvalue weighted by molar-refractivity contribution is 5.04. The van der Waals surface area contributed by atoms with Gasteiger partial charge in [-0.15, -0.1) is 0 Å². The van der Waals surface area contributed by atoms with E-state index in [1.807, 2.05) is 0 Å². The lowest BCUT2D eigenvalue weighted by atomic mass is 9.63. The molecule has 0 amide bonds. The molecule has 94 valence electrons. The van der Waals surface area contributed by atoms with Gasteiger partial charge in [-0.25, -0.2) is 0 Å². The van der Waals surface area contributed by atoms with Gasteiger partial charge in [0.25, 0.3) is 0 Å². The number of piperidine rings is 1. The van der Waals surface area contributed by atoms with Gasteiger partial charge in [0.15, 0.2) is 0 Å². The maximum atomic E-state index is 5.95. The quantitative estimate of drug-likeness (QED) is 0.794. The van der Waals surface area contributed by atoms with E-state index in [1.54, 1.807) is 0 Å². The number of nitrogens with two attached hydrogens (primary N) is 1.